The van der Waals surface area contributed by atoms with Crippen molar-refractivity contribution in [1.29, 1.82) is 0 Å². The van der Waals surface area contributed by atoms with E-state index >= 15 is 8.78 Å². The van der Waals surface area contributed by atoms with Crippen LogP contribution in [0.2, 0.25) is 5.02 Å². The largest absolute Gasteiger partial charge is 0.351 e. The number of aliphatic imine (C=N–C) groups is 2. The summed E-state index contributed by atoms with van der Waals surface area (Å²) >= 11 is 9.12. The summed E-state index contributed by atoms with van der Waals surface area (Å²) in [6.07, 6.45) is 0. The molecular formula is C56H39ClF2N4O2S2. The molecule has 0 aliphatic carbocycles. The van der Waals surface area contributed by atoms with Gasteiger partial charge in [0.1, 0.15) is 11.6 Å². The van der Waals surface area contributed by atoms with E-state index in [4.69, 9.17) is 21.6 Å². The molecule has 1 atom stereocenters. The van der Waals surface area contributed by atoms with Crippen LogP contribution in [0.1, 0.15) is 66.9 Å². The Bertz CT molecular complexity index is 3320. The molecule has 8 aromatic rings. The number of nitrogens with one attached hydrogen (secondary N) is 2. The lowest BCUT2D eigenvalue weighted by atomic mass is 9.94. The number of nitrogens with zero attached hydrogens (tertiary/aromatic N) is 2. The van der Waals surface area contributed by atoms with Gasteiger partial charge >= 0.3 is 0 Å². The Morgan fingerprint density at radius 2 is 1.16 bits per heavy atom. The van der Waals surface area contributed by atoms with E-state index in [1.54, 1.807) is 60.7 Å². The predicted molar refractivity (Wildman–Crippen MR) is 266 cm³/mol. The van der Waals surface area contributed by atoms with Crippen LogP contribution in [0.3, 0.4) is 0 Å². The standard InChI is InChI=1S/C56H39ClF2N4O2S2/c1-33(35-12-3-2-4-13-35)31-60-55(64)37-22-25-50-47(29-37)62-52(43-16-6-8-20-49(43)66-50)42-24-21-36(28-46(42)59)40-17-10-18-44-53(41-15-5-7-19-45(41)58)63-48-30-38(23-26-51(48)67-54(40)44)56(65)61-32-34-11-9-14-39(57)27-34/h2-30,33H,31-32H2,1H3,(H,60,64)(H,61,65). The van der Waals surface area contributed by atoms with E-state index in [1.807, 2.05) is 103 Å². The highest BCUT2D eigenvalue weighted by atomic mass is 35.5. The molecule has 10 rings (SSSR count). The van der Waals surface area contributed by atoms with Crippen molar-refractivity contribution in [2.24, 2.45) is 9.98 Å². The Morgan fingerprint density at radius 3 is 1.90 bits per heavy atom. The van der Waals surface area contributed by atoms with Gasteiger partial charge in [0.25, 0.3) is 11.8 Å². The molecule has 328 valence electrons. The lowest BCUT2D eigenvalue weighted by Crippen LogP contribution is -2.27. The minimum Gasteiger partial charge on any atom is -0.351 e. The summed E-state index contributed by atoms with van der Waals surface area (Å²) in [6, 6.07) is 53.1. The summed E-state index contributed by atoms with van der Waals surface area (Å²) < 4.78 is 32.8. The Labute approximate surface area is 400 Å². The molecule has 2 amide bonds. The second-order valence-electron chi connectivity index (χ2n) is 16.2. The first-order valence-electron chi connectivity index (χ1n) is 21.6. The van der Waals surface area contributed by atoms with Crippen molar-refractivity contribution in [3.63, 3.8) is 0 Å². The fraction of sp³-hybridized carbons (Fsp3) is 0.0714. The number of benzene rings is 8. The smallest absolute Gasteiger partial charge is 0.251 e. The minimum absolute atomic E-state index is 0.119. The first kappa shape index (κ1) is 43.8. The van der Waals surface area contributed by atoms with E-state index in [2.05, 4.69) is 17.6 Å². The molecular weight excluding hydrogens is 898 g/mol. The number of carbonyl (C=O) groups excluding carboxylic acids is 2. The number of amides is 2. The third-order valence-corrected chi connectivity index (χ3v) is 14.3. The van der Waals surface area contributed by atoms with Crippen LogP contribution < -0.4 is 10.6 Å². The van der Waals surface area contributed by atoms with Gasteiger partial charge in [0.15, 0.2) is 0 Å². The third kappa shape index (κ3) is 9.21. The Kier molecular flexibility index (Phi) is 12.4. The zero-order valence-corrected chi connectivity index (χ0v) is 38.3. The van der Waals surface area contributed by atoms with E-state index in [0.717, 1.165) is 41.8 Å². The summed E-state index contributed by atoms with van der Waals surface area (Å²) in [5.74, 6) is -1.34. The predicted octanol–water partition coefficient (Wildman–Crippen LogP) is 14.0. The number of rotatable bonds is 10. The quantitative estimate of drug-likeness (QED) is 0.143. The molecule has 2 aliphatic heterocycles. The highest BCUT2D eigenvalue weighted by Gasteiger charge is 2.27. The van der Waals surface area contributed by atoms with Gasteiger partial charge in [0.05, 0.1) is 22.8 Å². The maximum atomic E-state index is 17.0. The van der Waals surface area contributed by atoms with Crippen molar-refractivity contribution in [1.82, 2.24) is 10.6 Å². The number of hydrogen-bond donors (Lipinski definition) is 2. The molecule has 2 heterocycles. The van der Waals surface area contributed by atoms with E-state index < -0.39 is 11.6 Å². The van der Waals surface area contributed by atoms with Crippen molar-refractivity contribution in [3.05, 3.63) is 237 Å². The summed E-state index contributed by atoms with van der Waals surface area (Å²) in [4.78, 5) is 40.4. The summed E-state index contributed by atoms with van der Waals surface area (Å²) in [5.41, 5.74) is 8.05. The van der Waals surface area contributed by atoms with Crippen molar-refractivity contribution < 1.29 is 18.4 Å². The van der Waals surface area contributed by atoms with Gasteiger partial charge in [-0.15, -0.1) is 0 Å². The van der Waals surface area contributed by atoms with Crippen LogP contribution in [-0.4, -0.2) is 29.8 Å². The Balaban J connectivity index is 0.994. The van der Waals surface area contributed by atoms with Gasteiger partial charge in [-0.05, 0) is 107 Å². The van der Waals surface area contributed by atoms with Crippen molar-refractivity contribution >= 4 is 69.7 Å². The summed E-state index contributed by atoms with van der Waals surface area (Å²) in [7, 11) is 0. The maximum Gasteiger partial charge on any atom is 0.251 e. The Morgan fingerprint density at radius 1 is 0.552 bits per heavy atom. The van der Waals surface area contributed by atoms with Gasteiger partial charge in [-0.1, -0.05) is 139 Å². The van der Waals surface area contributed by atoms with E-state index in [-0.39, 0.29) is 29.8 Å². The second kappa shape index (κ2) is 19.0. The maximum absolute atomic E-state index is 17.0. The number of fused-ring (bicyclic) bond motifs is 4. The highest BCUT2D eigenvalue weighted by Crippen LogP contribution is 2.47. The number of carbonyl (C=O) groups is 2. The zero-order chi connectivity index (χ0) is 46.0. The fourth-order valence-corrected chi connectivity index (χ4v) is 10.5. The molecule has 6 nitrogen and oxygen atoms in total. The van der Waals surface area contributed by atoms with Crippen molar-refractivity contribution in [2.75, 3.05) is 6.54 Å². The highest BCUT2D eigenvalue weighted by molar-refractivity contribution is 8.00. The molecule has 0 spiro atoms. The van der Waals surface area contributed by atoms with Crippen molar-refractivity contribution in [3.8, 4) is 11.1 Å². The van der Waals surface area contributed by atoms with Crippen LogP contribution in [0, 0.1) is 11.6 Å². The first-order valence-corrected chi connectivity index (χ1v) is 23.6. The van der Waals surface area contributed by atoms with Gasteiger partial charge < -0.3 is 10.6 Å². The van der Waals surface area contributed by atoms with Crippen LogP contribution in [0.25, 0.3) is 11.1 Å². The number of halogens is 3. The average Bonchev–Trinajstić information content (AvgIpc) is 3.62. The van der Waals surface area contributed by atoms with Gasteiger partial charge in [-0.3, -0.25) is 9.59 Å². The molecule has 8 aromatic carbocycles. The fourth-order valence-electron chi connectivity index (χ4n) is 8.18. The van der Waals surface area contributed by atoms with Crippen molar-refractivity contribution in [2.45, 2.75) is 39.0 Å². The second-order valence-corrected chi connectivity index (χ2v) is 18.7. The molecule has 1 unspecified atom stereocenters. The summed E-state index contributed by atoms with van der Waals surface area (Å²) in [5, 5.41) is 6.61. The summed E-state index contributed by atoms with van der Waals surface area (Å²) in [6.45, 7) is 2.81. The molecule has 2 aliphatic rings. The van der Waals surface area contributed by atoms with Gasteiger partial charge in [0, 0.05) is 71.1 Å². The molecule has 0 radical (unpaired) electrons. The molecule has 0 aromatic heterocycles. The van der Waals surface area contributed by atoms with E-state index in [9.17, 15) is 9.59 Å². The molecule has 0 saturated carbocycles. The van der Waals surface area contributed by atoms with Crippen LogP contribution in [0.4, 0.5) is 20.2 Å². The van der Waals surface area contributed by atoms with Crippen LogP contribution in [0.5, 0.6) is 0 Å². The van der Waals surface area contributed by atoms with E-state index in [0.29, 0.717) is 62.2 Å². The van der Waals surface area contributed by atoms with Crippen LogP contribution in [-0.2, 0) is 6.54 Å². The van der Waals surface area contributed by atoms with E-state index in [1.165, 1.54) is 35.7 Å². The number of hydrogen-bond acceptors (Lipinski definition) is 6. The average molecular weight is 938 g/mol. The molecule has 67 heavy (non-hydrogen) atoms. The molecule has 0 bridgehead atoms. The molecule has 11 heteroatoms. The van der Waals surface area contributed by atoms with Crippen LogP contribution >= 0.6 is 35.1 Å². The monoisotopic (exact) mass is 936 g/mol. The van der Waals surface area contributed by atoms with Gasteiger partial charge in [0.2, 0.25) is 0 Å². The Hall–Kier alpha value is -7.11. The minimum atomic E-state index is -0.489. The third-order valence-electron chi connectivity index (χ3n) is 11.7. The molecule has 2 N–H and O–H groups in total. The topological polar surface area (TPSA) is 82.9 Å². The molecule has 0 saturated heterocycles. The van der Waals surface area contributed by atoms with Gasteiger partial charge in [-0.25, -0.2) is 18.8 Å². The SMILES string of the molecule is CC(CNC(=O)c1ccc2c(c1)N=C(c1ccc(-c3cccc4c3Sc3ccc(C(=O)NCc5cccc(Cl)c5)cc3N=C4c3ccccc3F)cc1F)c1ccccc1S2)c1ccccc1. The van der Waals surface area contributed by atoms with Gasteiger partial charge in [-0.2, -0.15) is 0 Å². The lowest BCUT2D eigenvalue weighted by molar-refractivity contribution is 0.0943. The lowest BCUT2D eigenvalue weighted by Gasteiger charge is -2.16. The molecule has 0 fully saturated rings. The first-order chi connectivity index (χ1) is 32.7. The zero-order valence-electron chi connectivity index (χ0n) is 35.9. The van der Waals surface area contributed by atoms with Crippen LogP contribution in [0.15, 0.2) is 205 Å². The normalized spacial score (nSPS) is 13.0.